The van der Waals surface area contributed by atoms with Gasteiger partial charge in [0.2, 0.25) is 11.8 Å². The number of nitrogens with one attached hydrogen (secondary N) is 1. The van der Waals surface area contributed by atoms with Gasteiger partial charge in [-0.3, -0.25) is 24.7 Å². The summed E-state index contributed by atoms with van der Waals surface area (Å²) in [7, 11) is 0. The van der Waals surface area contributed by atoms with Gasteiger partial charge < -0.3 is 39.1 Å². The smallest absolute Gasteiger partial charge is 0.319 e. The number of aromatic nitrogens is 3. The van der Waals surface area contributed by atoms with Crippen LogP contribution < -0.4 is 19.9 Å². The number of imide groups is 1. The van der Waals surface area contributed by atoms with Crippen LogP contribution in [-0.4, -0.2) is 142 Å². The van der Waals surface area contributed by atoms with E-state index >= 15 is 8.78 Å². The van der Waals surface area contributed by atoms with Crippen molar-refractivity contribution in [2.75, 3.05) is 75.3 Å². The summed E-state index contributed by atoms with van der Waals surface area (Å²) in [6.45, 7) is 13.3. The molecule has 5 aromatic rings. The maximum Gasteiger partial charge on any atom is 0.319 e. The van der Waals surface area contributed by atoms with Gasteiger partial charge in [0.25, 0.3) is 5.91 Å². The van der Waals surface area contributed by atoms with Crippen molar-refractivity contribution >= 4 is 50.9 Å². The fraction of sp³-hybridized carbons (Fsp3) is 0.552. The van der Waals surface area contributed by atoms with Crippen molar-refractivity contribution in [3.8, 4) is 23.0 Å². The number of amides is 3. The van der Waals surface area contributed by atoms with Gasteiger partial charge >= 0.3 is 6.01 Å². The van der Waals surface area contributed by atoms with Gasteiger partial charge in [-0.05, 0) is 141 Å². The topological polar surface area (TPSA) is 157 Å². The number of fused-ring (bicyclic) bond motifs is 3. The molecule has 2 aromatic heterocycles. The van der Waals surface area contributed by atoms with Gasteiger partial charge in [-0.1, -0.05) is 19.9 Å². The normalized spacial score (nSPS) is 23.4. The molecule has 396 valence electrons. The molecule has 75 heavy (non-hydrogen) atoms. The largest absolute Gasteiger partial charge is 0.508 e. The van der Waals surface area contributed by atoms with Crippen LogP contribution in [0.25, 0.3) is 32.9 Å². The first-order chi connectivity index (χ1) is 36.4. The van der Waals surface area contributed by atoms with Crippen molar-refractivity contribution < 1.29 is 37.7 Å². The third-order valence-corrected chi connectivity index (χ3v) is 17.6. The lowest BCUT2D eigenvalue weighted by Crippen LogP contribution is -2.52. The quantitative estimate of drug-likeness (QED) is 0.109. The number of aromatic hydroxyl groups is 1. The predicted octanol–water partition coefficient (Wildman–Crippen LogP) is 8.16. The maximum absolute atomic E-state index is 17.1. The van der Waals surface area contributed by atoms with Crippen molar-refractivity contribution in [2.45, 2.75) is 128 Å². The summed E-state index contributed by atoms with van der Waals surface area (Å²) >= 11 is 0. The highest BCUT2D eigenvalue weighted by molar-refractivity contribution is 6.06. The fourth-order valence-electron chi connectivity index (χ4n) is 13.2. The van der Waals surface area contributed by atoms with Crippen molar-refractivity contribution in [2.24, 2.45) is 11.3 Å². The third-order valence-electron chi connectivity index (χ3n) is 17.6. The Balaban J connectivity index is 0.631. The number of anilines is 2. The molecule has 7 aliphatic rings. The predicted molar refractivity (Wildman–Crippen MR) is 282 cm³/mol. The molecular weight excluding hydrogens is 957 g/mol. The van der Waals surface area contributed by atoms with Crippen LogP contribution in [0.1, 0.15) is 112 Å². The van der Waals surface area contributed by atoms with E-state index in [1.54, 1.807) is 23.2 Å². The van der Waals surface area contributed by atoms with Crippen molar-refractivity contribution in [3.63, 3.8) is 0 Å². The summed E-state index contributed by atoms with van der Waals surface area (Å²) in [6.07, 6.45) is 13.6. The summed E-state index contributed by atoms with van der Waals surface area (Å²) in [5, 5.41) is 14.8. The van der Waals surface area contributed by atoms with Crippen molar-refractivity contribution in [1.82, 2.24) is 35.0 Å². The molecule has 5 saturated heterocycles. The number of phenols is 1. The molecule has 3 aromatic carbocycles. The Morgan fingerprint density at radius 3 is 2.35 bits per heavy atom. The molecule has 6 fully saturated rings. The standard InChI is InChI=1S/C58H69F2N9O6/c1-3-43-47(59)9-6-36-28-40(70)29-45(50(36)43)52-51(60)53-46(30-61-52)54(68-20-4-5-35(2)31-68)64-57(63-53)74-34-58(18-19-58)33-65-21-14-41(15-22-65)75-42-16-25-66(26-17-42)38-12-23-67(24-13-38)39-7-8-44-37(27-39)32-69(56(44)73)48-10-11-49(71)62-55(48)72/h6-9,27-30,35,38,41-42,48,70H,3-5,10-26,31-34H2,1-2H3,(H,62,71,72)/t35-,48?/m0/s1. The van der Waals surface area contributed by atoms with Crippen LogP contribution in [0.4, 0.5) is 20.3 Å². The molecule has 12 rings (SSSR count). The molecule has 17 heteroatoms. The highest BCUT2D eigenvalue weighted by atomic mass is 19.1. The van der Waals surface area contributed by atoms with E-state index in [1.165, 1.54) is 12.1 Å². The van der Waals surface area contributed by atoms with Crippen molar-refractivity contribution in [1.29, 1.82) is 0 Å². The van der Waals surface area contributed by atoms with E-state index in [2.05, 4.69) is 42.9 Å². The second kappa shape index (κ2) is 20.5. The fourth-order valence-corrected chi connectivity index (χ4v) is 13.2. The number of ether oxygens (including phenoxy) is 2. The van der Waals surface area contributed by atoms with Crippen LogP contribution in [0.5, 0.6) is 11.8 Å². The van der Waals surface area contributed by atoms with E-state index in [9.17, 15) is 19.5 Å². The number of halogens is 2. The van der Waals surface area contributed by atoms with Crippen LogP contribution in [0.3, 0.4) is 0 Å². The number of aryl methyl sites for hydroxylation is 1. The summed E-state index contributed by atoms with van der Waals surface area (Å²) in [4.78, 5) is 63.3. The monoisotopic (exact) mass is 1030 g/mol. The molecule has 1 saturated carbocycles. The number of piperidine rings is 5. The summed E-state index contributed by atoms with van der Waals surface area (Å²) in [5.74, 6) is -0.854. The first-order valence-electron chi connectivity index (χ1n) is 27.7. The Hall–Kier alpha value is -6.04. The van der Waals surface area contributed by atoms with E-state index < -0.39 is 11.9 Å². The average molecular weight is 1030 g/mol. The zero-order valence-electron chi connectivity index (χ0n) is 43.3. The molecule has 1 unspecified atom stereocenters. The number of hydrogen-bond donors (Lipinski definition) is 2. The lowest BCUT2D eigenvalue weighted by atomic mass is 9.94. The number of carbonyl (C=O) groups excluding carboxylic acids is 3. The van der Waals surface area contributed by atoms with Gasteiger partial charge in [-0.2, -0.15) is 9.97 Å². The van der Waals surface area contributed by atoms with Crippen LogP contribution in [-0.2, 0) is 27.3 Å². The molecule has 3 amide bonds. The second-order valence-corrected chi connectivity index (χ2v) is 22.8. The number of carbonyl (C=O) groups is 3. The first kappa shape index (κ1) is 49.8. The number of likely N-dealkylation sites (tertiary alicyclic amines) is 2. The van der Waals surface area contributed by atoms with Crippen LogP contribution in [0, 0.1) is 23.0 Å². The van der Waals surface area contributed by atoms with Gasteiger partial charge in [0.1, 0.15) is 34.6 Å². The Morgan fingerprint density at radius 2 is 1.61 bits per heavy atom. The minimum Gasteiger partial charge on any atom is -0.508 e. The van der Waals surface area contributed by atoms with Gasteiger partial charge in [-0.25, -0.2) is 8.78 Å². The zero-order valence-corrected chi connectivity index (χ0v) is 43.3. The molecular formula is C58H69F2N9O6. The van der Waals surface area contributed by atoms with Gasteiger partial charge in [0.05, 0.1) is 24.2 Å². The Kier molecular flexibility index (Phi) is 13.6. The van der Waals surface area contributed by atoms with E-state index in [4.69, 9.17) is 19.4 Å². The SMILES string of the molecule is CCc1c(F)ccc2cc(O)cc(-c3ncc4c(N5CCC[C@H](C)C5)nc(OCC5(CN6CCC(OC7CCN(C8CCN(c9ccc%10c(c9)CN(C9CCC(=O)NC9=O)C%10=O)CC8)CC7)CC6)CC5)nc4c3F)c12. The molecule has 1 aliphatic carbocycles. The zero-order chi connectivity index (χ0) is 51.5. The number of nitrogens with zero attached hydrogens (tertiary/aromatic N) is 8. The summed E-state index contributed by atoms with van der Waals surface area (Å²) in [6, 6.07) is 12.1. The highest BCUT2D eigenvalue weighted by Crippen LogP contribution is 2.47. The molecule has 0 radical (unpaired) electrons. The maximum atomic E-state index is 17.1. The van der Waals surface area contributed by atoms with Crippen LogP contribution >= 0.6 is 0 Å². The van der Waals surface area contributed by atoms with E-state index in [0.29, 0.717) is 76.6 Å². The van der Waals surface area contributed by atoms with Gasteiger partial charge in [-0.15, -0.1) is 0 Å². The molecule has 2 N–H and O–H groups in total. The number of phenolic OH excluding ortho intramolecular Hbond substituents is 1. The van der Waals surface area contributed by atoms with Crippen LogP contribution in [0.15, 0.2) is 48.7 Å². The van der Waals surface area contributed by atoms with Gasteiger partial charge in [0, 0.05) is 106 Å². The lowest BCUT2D eigenvalue weighted by Gasteiger charge is -2.43. The van der Waals surface area contributed by atoms with Gasteiger partial charge in [0.15, 0.2) is 5.82 Å². The molecule has 6 aliphatic heterocycles. The lowest BCUT2D eigenvalue weighted by molar-refractivity contribution is -0.136. The summed E-state index contributed by atoms with van der Waals surface area (Å²) in [5.41, 5.74) is 3.53. The third kappa shape index (κ3) is 10.00. The average Bonchev–Trinajstić information content (AvgIpc) is 4.11. The Morgan fingerprint density at radius 1 is 0.840 bits per heavy atom. The highest BCUT2D eigenvalue weighted by Gasteiger charge is 2.46. The molecule has 0 bridgehead atoms. The minimum atomic E-state index is -0.657. The Bertz CT molecular complexity index is 3020. The Labute approximate surface area is 436 Å². The minimum absolute atomic E-state index is 0.00500. The van der Waals surface area contributed by atoms with E-state index in [1.807, 2.05) is 19.1 Å². The molecule has 8 heterocycles. The van der Waals surface area contributed by atoms with Crippen LogP contribution in [0.2, 0.25) is 0 Å². The number of benzene rings is 3. The number of pyridine rings is 1. The van der Waals surface area contributed by atoms with E-state index in [0.717, 1.165) is 134 Å². The molecule has 0 spiro atoms. The van der Waals surface area contributed by atoms with Crippen molar-refractivity contribution in [3.05, 3.63) is 77.0 Å². The second-order valence-electron chi connectivity index (χ2n) is 22.8. The first-order valence-corrected chi connectivity index (χ1v) is 27.7. The van der Waals surface area contributed by atoms with E-state index in [-0.39, 0.29) is 70.6 Å². The number of rotatable bonds is 13. The summed E-state index contributed by atoms with van der Waals surface area (Å²) < 4.78 is 45.6. The molecule has 2 atom stereocenters. The number of hydrogen-bond acceptors (Lipinski definition) is 13. The molecule has 15 nitrogen and oxygen atoms in total.